The van der Waals surface area contributed by atoms with Gasteiger partial charge in [-0.05, 0) is 50.2 Å². The first-order valence-corrected chi connectivity index (χ1v) is 7.96. The molecule has 0 atom stereocenters. The van der Waals surface area contributed by atoms with Gasteiger partial charge in [0, 0.05) is 5.56 Å². The van der Waals surface area contributed by atoms with E-state index < -0.39 is 0 Å². The second-order valence-corrected chi connectivity index (χ2v) is 5.31. The number of aromatic nitrogens is 2. The Morgan fingerprint density at radius 3 is 2.56 bits per heavy atom. The number of para-hydroxylation sites is 1. The molecule has 3 aromatic rings. The van der Waals surface area contributed by atoms with Crippen LogP contribution in [0.25, 0.3) is 11.4 Å². The molecule has 0 unspecified atom stereocenters. The van der Waals surface area contributed by atoms with Crippen LogP contribution < -0.4 is 9.47 Å². The quantitative estimate of drug-likeness (QED) is 0.608. The van der Waals surface area contributed by atoms with Crippen LogP contribution in [0.15, 0.2) is 53.1 Å². The zero-order valence-corrected chi connectivity index (χ0v) is 14.1. The molecule has 0 fully saturated rings. The van der Waals surface area contributed by atoms with Crippen LogP contribution in [-0.2, 0) is 6.61 Å². The van der Waals surface area contributed by atoms with E-state index >= 15 is 0 Å². The molecule has 0 N–H and O–H groups in total. The minimum Gasteiger partial charge on any atom is -0.493 e. The Bertz CT molecular complexity index is 856. The van der Waals surface area contributed by atoms with Crippen LogP contribution in [0.5, 0.6) is 11.5 Å². The van der Waals surface area contributed by atoms with Crippen molar-refractivity contribution in [3.05, 3.63) is 60.0 Å². The second kappa shape index (κ2) is 7.61. The summed E-state index contributed by atoms with van der Waals surface area (Å²) in [6.07, 6.45) is 0. The van der Waals surface area contributed by atoms with Gasteiger partial charge in [0.05, 0.1) is 12.2 Å². The summed E-state index contributed by atoms with van der Waals surface area (Å²) in [5.41, 5.74) is 1.41. The van der Waals surface area contributed by atoms with E-state index in [0.29, 0.717) is 35.4 Å². The van der Waals surface area contributed by atoms with Gasteiger partial charge in [-0.1, -0.05) is 17.3 Å². The number of carbonyl (C=O) groups is 1. The van der Waals surface area contributed by atoms with Gasteiger partial charge in [0.15, 0.2) is 12.4 Å². The minimum atomic E-state index is 0.0149. The number of hydrogen-bond acceptors (Lipinski definition) is 6. The average Bonchev–Trinajstić information content (AvgIpc) is 3.10. The summed E-state index contributed by atoms with van der Waals surface area (Å²) >= 11 is 0. The third-order valence-corrected chi connectivity index (χ3v) is 3.52. The number of ether oxygens (including phenoxy) is 2. The topological polar surface area (TPSA) is 74.5 Å². The van der Waals surface area contributed by atoms with Crippen LogP contribution in [0, 0.1) is 0 Å². The highest BCUT2D eigenvalue weighted by molar-refractivity contribution is 5.94. The van der Waals surface area contributed by atoms with Crippen LogP contribution in [0.4, 0.5) is 0 Å². The molecule has 0 saturated carbocycles. The summed E-state index contributed by atoms with van der Waals surface area (Å²) in [5.74, 6) is 2.16. The van der Waals surface area contributed by atoms with Crippen molar-refractivity contribution in [3.63, 3.8) is 0 Å². The first-order chi connectivity index (χ1) is 12.2. The molecule has 0 aliphatic rings. The summed E-state index contributed by atoms with van der Waals surface area (Å²) in [5, 5.41) is 3.99. The fourth-order valence-corrected chi connectivity index (χ4v) is 2.29. The lowest BCUT2D eigenvalue weighted by Crippen LogP contribution is -1.97. The molecule has 128 valence electrons. The zero-order chi connectivity index (χ0) is 17.6. The molecule has 1 heterocycles. The van der Waals surface area contributed by atoms with Crippen molar-refractivity contribution in [3.8, 4) is 22.9 Å². The van der Waals surface area contributed by atoms with Gasteiger partial charge in [-0.2, -0.15) is 4.98 Å². The molecule has 0 spiro atoms. The van der Waals surface area contributed by atoms with E-state index in [0.717, 1.165) is 5.56 Å². The highest BCUT2D eigenvalue weighted by Gasteiger charge is 2.13. The third kappa shape index (κ3) is 4.03. The summed E-state index contributed by atoms with van der Waals surface area (Å²) in [6, 6.07) is 14.4. The number of carbonyl (C=O) groups excluding carboxylic acids is 1. The first kappa shape index (κ1) is 16.7. The first-order valence-electron chi connectivity index (χ1n) is 7.96. The van der Waals surface area contributed by atoms with Crippen LogP contribution in [0.3, 0.4) is 0 Å². The molecule has 0 radical (unpaired) electrons. The molecule has 0 amide bonds. The molecule has 6 heteroatoms. The lowest BCUT2D eigenvalue weighted by Gasteiger charge is -2.06. The molecular weight excluding hydrogens is 320 g/mol. The van der Waals surface area contributed by atoms with E-state index in [9.17, 15) is 4.79 Å². The summed E-state index contributed by atoms with van der Waals surface area (Å²) in [7, 11) is 0. The lowest BCUT2D eigenvalue weighted by atomic mass is 10.1. The Balaban J connectivity index is 1.69. The van der Waals surface area contributed by atoms with Crippen LogP contribution in [0.2, 0.25) is 0 Å². The standard InChI is InChI=1S/C19H18N2O4/c1-3-23-17-7-5-4-6-16(17)19-20-18(25-21-19)12-24-15-10-8-14(9-11-15)13(2)22/h4-11H,3,12H2,1-2H3. The zero-order valence-electron chi connectivity index (χ0n) is 14.1. The van der Waals surface area contributed by atoms with E-state index in [4.69, 9.17) is 14.0 Å². The van der Waals surface area contributed by atoms with Gasteiger partial charge in [-0.25, -0.2) is 0 Å². The molecule has 25 heavy (non-hydrogen) atoms. The Labute approximate surface area is 145 Å². The Hall–Kier alpha value is -3.15. The fraction of sp³-hybridized carbons (Fsp3) is 0.211. The van der Waals surface area contributed by atoms with E-state index in [1.807, 2.05) is 31.2 Å². The average molecular weight is 338 g/mol. The van der Waals surface area contributed by atoms with Gasteiger partial charge >= 0.3 is 0 Å². The number of hydrogen-bond donors (Lipinski definition) is 0. The molecule has 0 bridgehead atoms. The Kier molecular flexibility index (Phi) is 5.09. The summed E-state index contributed by atoms with van der Waals surface area (Å²) in [4.78, 5) is 15.6. The van der Waals surface area contributed by atoms with Gasteiger partial charge in [0.1, 0.15) is 11.5 Å². The van der Waals surface area contributed by atoms with Crippen molar-refractivity contribution in [2.45, 2.75) is 20.5 Å². The van der Waals surface area contributed by atoms with E-state index in [1.165, 1.54) is 6.92 Å². The van der Waals surface area contributed by atoms with Crippen LogP contribution in [-0.4, -0.2) is 22.5 Å². The monoisotopic (exact) mass is 338 g/mol. The largest absolute Gasteiger partial charge is 0.493 e. The Morgan fingerprint density at radius 1 is 1.08 bits per heavy atom. The minimum absolute atomic E-state index is 0.0149. The smallest absolute Gasteiger partial charge is 0.264 e. The van der Waals surface area contributed by atoms with Gasteiger partial charge in [0.25, 0.3) is 5.89 Å². The number of ketones is 1. The van der Waals surface area contributed by atoms with Crippen molar-refractivity contribution in [2.75, 3.05) is 6.61 Å². The second-order valence-electron chi connectivity index (χ2n) is 5.31. The van der Waals surface area contributed by atoms with Crippen molar-refractivity contribution < 1.29 is 18.8 Å². The van der Waals surface area contributed by atoms with Crippen LogP contribution >= 0.6 is 0 Å². The molecule has 0 saturated heterocycles. The number of rotatable bonds is 7. The van der Waals surface area contributed by atoms with Crippen molar-refractivity contribution in [2.24, 2.45) is 0 Å². The summed E-state index contributed by atoms with van der Waals surface area (Å²) < 4.78 is 16.4. The maximum absolute atomic E-state index is 11.3. The molecule has 0 aliphatic heterocycles. The van der Waals surface area contributed by atoms with Crippen LogP contribution in [0.1, 0.15) is 30.1 Å². The Morgan fingerprint density at radius 2 is 1.84 bits per heavy atom. The van der Waals surface area contributed by atoms with E-state index in [1.54, 1.807) is 24.3 Å². The van der Waals surface area contributed by atoms with E-state index in [2.05, 4.69) is 10.1 Å². The van der Waals surface area contributed by atoms with Gasteiger partial charge in [-0.3, -0.25) is 4.79 Å². The predicted molar refractivity (Wildman–Crippen MR) is 91.7 cm³/mol. The lowest BCUT2D eigenvalue weighted by molar-refractivity contribution is 0.101. The number of benzene rings is 2. The molecule has 0 aliphatic carbocycles. The maximum Gasteiger partial charge on any atom is 0.264 e. The highest BCUT2D eigenvalue weighted by Crippen LogP contribution is 2.27. The number of nitrogens with zero attached hydrogens (tertiary/aromatic N) is 2. The van der Waals surface area contributed by atoms with Gasteiger partial charge < -0.3 is 14.0 Å². The van der Waals surface area contributed by atoms with E-state index in [-0.39, 0.29) is 12.4 Å². The van der Waals surface area contributed by atoms with Crippen molar-refractivity contribution in [1.82, 2.24) is 10.1 Å². The SMILES string of the molecule is CCOc1ccccc1-c1noc(COc2ccc(C(C)=O)cc2)n1. The molecular formula is C19H18N2O4. The number of Topliss-reactive ketones (excluding diaryl/α,β-unsaturated/α-hetero) is 1. The molecule has 6 nitrogen and oxygen atoms in total. The third-order valence-electron chi connectivity index (χ3n) is 3.52. The van der Waals surface area contributed by atoms with Gasteiger partial charge in [-0.15, -0.1) is 0 Å². The normalized spacial score (nSPS) is 10.5. The predicted octanol–water partition coefficient (Wildman–Crippen LogP) is 3.92. The van der Waals surface area contributed by atoms with Crippen molar-refractivity contribution in [1.29, 1.82) is 0 Å². The fourth-order valence-electron chi connectivity index (χ4n) is 2.29. The maximum atomic E-state index is 11.3. The van der Waals surface area contributed by atoms with Crippen molar-refractivity contribution >= 4 is 5.78 Å². The van der Waals surface area contributed by atoms with Gasteiger partial charge in [0.2, 0.25) is 5.82 Å². The highest BCUT2D eigenvalue weighted by atomic mass is 16.5. The molecule has 2 aromatic carbocycles. The molecule has 1 aromatic heterocycles. The molecule has 3 rings (SSSR count). The summed E-state index contributed by atoms with van der Waals surface area (Å²) in [6.45, 7) is 4.14.